The normalized spacial score (nSPS) is 21.4. The van der Waals surface area contributed by atoms with E-state index in [0.717, 1.165) is 48.2 Å². The minimum atomic E-state index is -0.0774. The number of piperidine rings is 1. The Bertz CT molecular complexity index is 919. The van der Waals surface area contributed by atoms with E-state index in [0.29, 0.717) is 0 Å². The van der Waals surface area contributed by atoms with Crippen LogP contribution in [0.2, 0.25) is 0 Å². The highest BCUT2D eigenvalue weighted by Gasteiger charge is 2.33. The summed E-state index contributed by atoms with van der Waals surface area (Å²) in [4.78, 5) is 28.1. The zero-order chi connectivity index (χ0) is 21.8. The van der Waals surface area contributed by atoms with Crippen molar-refractivity contribution in [2.45, 2.75) is 64.6 Å². The molecule has 0 aliphatic carbocycles. The molecule has 0 aromatic heterocycles. The van der Waals surface area contributed by atoms with E-state index >= 15 is 0 Å². The third-order valence-corrected chi connectivity index (χ3v) is 6.76. The molecule has 5 nitrogen and oxygen atoms in total. The Hall–Kier alpha value is -2.66. The van der Waals surface area contributed by atoms with Gasteiger partial charge in [-0.1, -0.05) is 43.7 Å². The largest absolute Gasteiger partial charge is 0.352 e. The number of benzene rings is 2. The summed E-state index contributed by atoms with van der Waals surface area (Å²) in [7, 11) is 0. The molecule has 2 aromatic rings. The van der Waals surface area contributed by atoms with Gasteiger partial charge in [0, 0.05) is 25.2 Å². The first-order chi connectivity index (χ1) is 15.1. The van der Waals surface area contributed by atoms with Crippen molar-refractivity contribution in [1.29, 1.82) is 0 Å². The fourth-order valence-corrected chi connectivity index (χ4v) is 5.13. The van der Waals surface area contributed by atoms with E-state index < -0.39 is 0 Å². The average molecular weight is 420 g/mol. The second kappa shape index (κ2) is 9.65. The number of nitrogens with zero attached hydrogens (tertiary/aromatic N) is 2. The highest BCUT2D eigenvalue weighted by atomic mass is 16.2. The third-order valence-electron chi connectivity index (χ3n) is 6.76. The van der Waals surface area contributed by atoms with Crippen LogP contribution in [0.1, 0.15) is 63.1 Å². The van der Waals surface area contributed by atoms with Crippen molar-refractivity contribution in [3.63, 3.8) is 0 Å². The molecule has 1 fully saturated rings. The maximum atomic E-state index is 12.4. The first-order valence-electron chi connectivity index (χ1n) is 11.6. The van der Waals surface area contributed by atoms with Crippen LogP contribution in [0.15, 0.2) is 42.5 Å². The van der Waals surface area contributed by atoms with Crippen LogP contribution >= 0.6 is 0 Å². The van der Waals surface area contributed by atoms with E-state index in [1.54, 1.807) is 6.92 Å². The number of amides is 2. The van der Waals surface area contributed by atoms with Gasteiger partial charge in [-0.15, -0.1) is 0 Å². The van der Waals surface area contributed by atoms with Crippen molar-refractivity contribution in [3.8, 4) is 11.1 Å². The van der Waals surface area contributed by atoms with Gasteiger partial charge < -0.3 is 10.2 Å². The maximum absolute atomic E-state index is 12.4. The average Bonchev–Trinajstić information content (AvgIpc) is 2.79. The van der Waals surface area contributed by atoms with E-state index in [-0.39, 0.29) is 18.0 Å². The number of anilines is 1. The Balaban J connectivity index is 1.61. The Morgan fingerprint density at radius 3 is 2.42 bits per heavy atom. The molecule has 0 unspecified atom stereocenters. The second-order valence-corrected chi connectivity index (χ2v) is 8.83. The van der Waals surface area contributed by atoms with Crippen LogP contribution in [0.4, 0.5) is 5.69 Å². The molecule has 2 aliphatic heterocycles. The number of hydrogen-bond acceptors (Lipinski definition) is 3. The molecular weight excluding hydrogens is 386 g/mol. The molecular formula is C26H33N3O2. The zero-order valence-electron chi connectivity index (χ0n) is 18.6. The summed E-state index contributed by atoms with van der Waals surface area (Å²) >= 11 is 0. The van der Waals surface area contributed by atoms with Crippen LogP contribution in [0.25, 0.3) is 11.1 Å². The second-order valence-electron chi connectivity index (χ2n) is 8.83. The fraction of sp³-hybridized carbons (Fsp3) is 0.462. The van der Waals surface area contributed by atoms with Crippen LogP contribution in [-0.2, 0) is 16.1 Å². The number of hydrogen-bond donors (Lipinski definition) is 1. The molecule has 0 saturated carbocycles. The van der Waals surface area contributed by atoms with Gasteiger partial charge in [0.05, 0.1) is 6.04 Å². The summed E-state index contributed by atoms with van der Waals surface area (Å²) in [6, 6.07) is 15.1. The fourth-order valence-electron chi connectivity index (χ4n) is 5.13. The Morgan fingerprint density at radius 1 is 1.06 bits per heavy atom. The molecule has 2 aliphatic rings. The van der Waals surface area contributed by atoms with Gasteiger partial charge in [0.1, 0.15) is 0 Å². The lowest BCUT2D eigenvalue weighted by atomic mass is 9.87. The quantitative estimate of drug-likeness (QED) is 0.693. The predicted octanol–water partition coefficient (Wildman–Crippen LogP) is 4.66. The third kappa shape index (κ3) is 4.67. The van der Waals surface area contributed by atoms with E-state index in [9.17, 15) is 9.59 Å². The van der Waals surface area contributed by atoms with Crippen molar-refractivity contribution < 1.29 is 9.59 Å². The van der Waals surface area contributed by atoms with Gasteiger partial charge in [0.25, 0.3) is 0 Å². The number of likely N-dealkylation sites (tertiary alicyclic amines) is 1. The summed E-state index contributed by atoms with van der Waals surface area (Å²) in [6.45, 7) is 7.12. The smallest absolute Gasteiger partial charge is 0.224 e. The van der Waals surface area contributed by atoms with Gasteiger partial charge in [-0.2, -0.15) is 0 Å². The van der Waals surface area contributed by atoms with Gasteiger partial charge in [-0.3, -0.25) is 14.5 Å². The van der Waals surface area contributed by atoms with Gasteiger partial charge in [0.2, 0.25) is 12.3 Å². The first kappa shape index (κ1) is 21.6. The number of fused-ring (bicyclic) bond motifs is 1. The van der Waals surface area contributed by atoms with Gasteiger partial charge >= 0.3 is 0 Å². The molecule has 1 saturated heterocycles. The molecule has 2 atom stereocenters. The molecule has 0 spiro atoms. The van der Waals surface area contributed by atoms with Crippen LogP contribution < -0.4 is 10.2 Å². The Kier molecular flexibility index (Phi) is 6.71. The van der Waals surface area contributed by atoms with Crippen LogP contribution in [0.5, 0.6) is 0 Å². The molecule has 1 N–H and O–H groups in total. The topological polar surface area (TPSA) is 52.7 Å². The van der Waals surface area contributed by atoms with E-state index in [4.69, 9.17) is 0 Å². The minimum Gasteiger partial charge on any atom is -0.352 e. The highest BCUT2D eigenvalue weighted by molar-refractivity contribution is 5.94. The molecule has 31 heavy (non-hydrogen) atoms. The Morgan fingerprint density at radius 2 is 1.77 bits per heavy atom. The molecule has 4 rings (SSSR count). The lowest BCUT2D eigenvalue weighted by Gasteiger charge is -2.40. The van der Waals surface area contributed by atoms with Crippen molar-refractivity contribution in [2.24, 2.45) is 0 Å². The van der Waals surface area contributed by atoms with Crippen LogP contribution in [0.3, 0.4) is 0 Å². The van der Waals surface area contributed by atoms with Crippen molar-refractivity contribution in [1.82, 2.24) is 10.2 Å². The molecule has 0 radical (unpaired) electrons. The van der Waals surface area contributed by atoms with Crippen LogP contribution in [0, 0.1) is 0 Å². The number of carbonyl (C=O) groups is 2. The zero-order valence-corrected chi connectivity index (χ0v) is 18.6. The molecule has 0 bridgehead atoms. The number of nitrogens with one attached hydrogen (secondary N) is 1. The SMILES string of the molecule is CC[C@@H]1C[C@H](NC=O)c2cc(-c3ccc(CN4CCCCC4)cc3)ccc2N1C(C)=O. The number of rotatable bonds is 6. The first-order valence-corrected chi connectivity index (χ1v) is 11.6. The monoisotopic (exact) mass is 419 g/mol. The minimum absolute atomic E-state index is 0.0486. The molecule has 2 heterocycles. The molecule has 5 heteroatoms. The van der Waals surface area contributed by atoms with Crippen molar-refractivity contribution >= 4 is 18.0 Å². The number of carbonyl (C=O) groups excluding carboxylic acids is 2. The standard InChI is InChI=1S/C26H33N3O2/c1-3-23-16-25(27-18-30)24-15-22(11-12-26(24)29(23)19(2)31)21-9-7-20(8-10-21)17-28-13-5-4-6-14-28/h7-12,15,18,23,25H,3-6,13-14,16-17H2,1-2H3,(H,27,30)/t23-,25+/m1/s1. The van der Waals surface area contributed by atoms with Gasteiger partial charge in [-0.05, 0) is 73.2 Å². The van der Waals surface area contributed by atoms with E-state index in [2.05, 4.69) is 53.5 Å². The van der Waals surface area contributed by atoms with E-state index in [1.165, 1.54) is 37.9 Å². The van der Waals surface area contributed by atoms with Crippen molar-refractivity contribution in [3.05, 3.63) is 53.6 Å². The Labute approximate surface area is 185 Å². The van der Waals surface area contributed by atoms with Gasteiger partial charge in [0.15, 0.2) is 0 Å². The lowest BCUT2D eigenvalue weighted by molar-refractivity contribution is -0.117. The summed E-state index contributed by atoms with van der Waals surface area (Å²) in [5.41, 5.74) is 5.54. The maximum Gasteiger partial charge on any atom is 0.224 e. The van der Waals surface area contributed by atoms with E-state index in [1.807, 2.05) is 11.0 Å². The predicted molar refractivity (Wildman–Crippen MR) is 125 cm³/mol. The van der Waals surface area contributed by atoms with Crippen LogP contribution in [-0.4, -0.2) is 36.3 Å². The summed E-state index contributed by atoms with van der Waals surface area (Å²) in [5.74, 6) is 0.0486. The molecule has 164 valence electrons. The van der Waals surface area contributed by atoms with Gasteiger partial charge in [-0.25, -0.2) is 0 Å². The summed E-state index contributed by atoms with van der Waals surface area (Å²) < 4.78 is 0. The molecule has 2 amide bonds. The summed E-state index contributed by atoms with van der Waals surface area (Å²) in [6.07, 6.45) is 6.33. The molecule has 2 aromatic carbocycles. The summed E-state index contributed by atoms with van der Waals surface area (Å²) in [5, 5.41) is 2.97. The van der Waals surface area contributed by atoms with Crippen molar-refractivity contribution in [2.75, 3.05) is 18.0 Å². The lowest BCUT2D eigenvalue weighted by Crippen LogP contribution is -2.45. The highest BCUT2D eigenvalue weighted by Crippen LogP contribution is 2.40.